The lowest BCUT2D eigenvalue weighted by Gasteiger charge is -2.20. The van der Waals surface area contributed by atoms with Crippen molar-refractivity contribution in [2.45, 2.75) is 43.2 Å². The molecule has 1 aromatic heterocycles. The smallest absolute Gasteiger partial charge is 0.446 e. The number of alkyl halides is 3. The molecule has 0 aliphatic rings. The summed E-state index contributed by atoms with van der Waals surface area (Å²) in [4.78, 5) is 12.8. The average Bonchev–Trinajstić information content (AvgIpc) is 3.14. The van der Waals surface area contributed by atoms with Gasteiger partial charge in [-0.2, -0.15) is 13.2 Å². The maximum absolute atomic E-state index is 12.7. The Morgan fingerprint density at radius 3 is 2.32 bits per heavy atom. The minimum atomic E-state index is -4.35. The Kier molecular flexibility index (Phi) is 7.49. The molecule has 31 heavy (non-hydrogen) atoms. The highest BCUT2D eigenvalue weighted by atomic mass is 32.2. The van der Waals surface area contributed by atoms with Gasteiger partial charge in [0.1, 0.15) is 12.4 Å². The summed E-state index contributed by atoms with van der Waals surface area (Å²) in [5.41, 5.74) is -1.85. The van der Waals surface area contributed by atoms with E-state index in [1.54, 1.807) is 18.4 Å². The van der Waals surface area contributed by atoms with E-state index in [1.165, 1.54) is 12.1 Å². The van der Waals surface area contributed by atoms with Crippen molar-refractivity contribution in [2.75, 3.05) is 0 Å². The van der Waals surface area contributed by atoms with E-state index in [4.69, 9.17) is 9.15 Å². The lowest BCUT2D eigenvalue weighted by atomic mass is 9.88. The van der Waals surface area contributed by atoms with Crippen LogP contribution in [0, 0.1) is 5.92 Å². The van der Waals surface area contributed by atoms with E-state index >= 15 is 0 Å². The van der Waals surface area contributed by atoms with Crippen LogP contribution in [0.15, 0.2) is 76.2 Å². The van der Waals surface area contributed by atoms with Gasteiger partial charge in [-0.05, 0) is 47.0 Å². The molecule has 1 heterocycles. The van der Waals surface area contributed by atoms with Gasteiger partial charge in [0.05, 0.1) is 12.2 Å². The second-order valence-electron chi connectivity index (χ2n) is 7.53. The number of carbonyl (C=O) groups excluding carboxylic acids is 1. The Morgan fingerprint density at radius 1 is 1.03 bits per heavy atom. The molecule has 1 unspecified atom stereocenters. The van der Waals surface area contributed by atoms with Gasteiger partial charge < -0.3 is 9.15 Å². The lowest BCUT2D eigenvalue weighted by molar-refractivity contribution is -0.148. The highest BCUT2D eigenvalue weighted by molar-refractivity contribution is 8.00. The predicted octanol–water partition coefficient (Wildman–Crippen LogP) is 6.97. The van der Waals surface area contributed by atoms with E-state index in [1.807, 2.05) is 50.2 Å². The standard InChI is InChI=1S/C24H23F3O3S/c1-16(2)22(19-8-10-21(11-9-19)31-24(25,26)27)23(28)30-15-18-13-20(29-14-18)12-17-6-4-3-5-7-17/h3-11,13-14,16,22H,12,15H2,1-2H3. The zero-order chi connectivity index (χ0) is 22.4. The molecule has 0 N–H and O–H groups in total. The van der Waals surface area contributed by atoms with Gasteiger partial charge in [-0.25, -0.2) is 0 Å². The quantitative estimate of drug-likeness (QED) is 0.276. The van der Waals surface area contributed by atoms with Gasteiger partial charge in [0.2, 0.25) is 0 Å². The zero-order valence-electron chi connectivity index (χ0n) is 17.2. The van der Waals surface area contributed by atoms with Crippen molar-refractivity contribution in [2.24, 2.45) is 5.92 Å². The molecule has 164 valence electrons. The van der Waals surface area contributed by atoms with Gasteiger partial charge >= 0.3 is 11.5 Å². The molecule has 3 aromatic rings. The van der Waals surface area contributed by atoms with Crippen molar-refractivity contribution in [3.63, 3.8) is 0 Å². The first-order chi connectivity index (χ1) is 14.7. The minimum absolute atomic E-state index is 0.0718. The van der Waals surface area contributed by atoms with Crippen LogP contribution in [0.3, 0.4) is 0 Å². The summed E-state index contributed by atoms with van der Waals surface area (Å²) in [6.07, 6.45) is 2.21. The van der Waals surface area contributed by atoms with E-state index in [0.29, 0.717) is 12.0 Å². The first-order valence-electron chi connectivity index (χ1n) is 9.84. The van der Waals surface area contributed by atoms with Gasteiger partial charge in [0.15, 0.2) is 0 Å². The number of hydrogen-bond acceptors (Lipinski definition) is 4. The number of halogens is 3. The number of furan rings is 1. The minimum Gasteiger partial charge on any atom is -0.469 e. The largest absolute Gasteiger partial charge is 0.469 e. The van der Waals surface area contributed by atoms with E-state index < -0.39 is 17.4 Å². The van der Waals surface area contributed by atoms with Crippen LogP contribution in [-0.4, -0.2) is 11.5 Å². The van der Waals surface area contributed by atoms with Crippen LogP contribution < -0.4 is 0 Å². The number of rotatable bonds is 8. The second kappa shape index (κ2) is 10.1. The molecule has 0 fully saturated rings. The summed E-state index contributed by atoms with van der Waals surface area (Å²) >= 11 is -0.178. The Morgan fingerprint density at radius 2 is 1.71 bits per heavy atom. The van der Waals surface area contributed by atoms with Gasteiger partial charge in [-0.15, -0.1) is 0 Å². The number of carbonyl (C=O) groups is 1. The van der Waals surface area contributed by atoms with Crippen molar-refractivity contribution in [1.29, 1.82) is 0 Å². The highest BCUT2D eigenvalue weighted by Gasteiger charge is 2.30. The third-order valence-electron chi connectivity index (χ3n) is 4.70. The van der Waals surface area contributed by atoms with Crippen molar-refractivity contribution in [1.82, 2.24) is 0 Å². The molecular formula is C24H23F3O3S. The fourth-order valence-electron chi connectivity index (χ4n) is 3.31. The van der Waals surface area contributed by atoms with E-state index in [9.17, 15) is 18.0 Å². The van der Waals surface area contributed by atoms with Crippen LogP contribution in [-0.2, 0) is 22.6 Å². The van der Waals surface area contributed by atoms with Crippen LogP contribution in [0.5, 0.6) is 0 Å². The number of esters is 1. The molecule has 3 nitrogen and oxygen atoms in total. The molecule has 7 heteroatoms. The number of benzene rings is 2. The van der Waals surface area contributed by atoms with Crippen molar-refractivity contribution in [3.8, 4) is 0 Å². The molecule has 0 amide bonds. The second-order valence-corrected chi connectivity index (χ2v) is 8.67. The van der Waals surface area contributed by atoms with Crippen LogP contribution in [0.2, 0.25) is 0 Å². The first-order valence-corrected chi connectivity index (χ1v) is 10.7. The van der Waals surface area contributed by atoms with Crippen molar-refractivity contribution in [3.05, 3.63) is 89.4 Å². The molecule has 2 aromatic carbocycles. The number of hydrogen-bond donors (Lipinski definition) is 0. The summed E-state index contributed by atoms with van der Waals surface area (Å²) < 4.78 is 48.6. The molecule has 3 rings (SSSR count). The average molecular weight is 449 g/mol. The fraction of sp³-hybridized carbons (Fsp3) is 0.292. The molecular weight excluding hydrogens is 425 g/mol. The molecule has 0 saturated carbocycles. The Labute approximate surface area is 183 Å². The number of thioether (sulfide) groups is 1. The maximum Gasteiger partial charge on any atom is 0.446 e. The highest BCUT2D eigenvalue weighted by Crippen LogP contribution is 2.37. The lowest BCUT2D eigenvalue weighted by Crippen LogP contribution is -2.20. The Balaban J connectivity index is 1.61. The van der Waals surface area contributed by atoms with E-state index in [-0.39, 0.29) is 29.2 Å². The van der Waals surface area contributed by atoms with Crippen LogP contribution in [0.1, 0.15) is 42.2 Å². The topological polar surface area (TPSA) is 39.4 Å². The first kappa shape index (κ1) is 23.0. The van der Waals surface area contributed by atoms with Gasteiger partial charge in [0, 0.05) is 16.9 Å². The Bertz CT molecular complexity index is 979. The number of ether oxygens (including phenoxy) is 1. The maximum atomic E-state index is 12.7. The van der Waals surface area contributed by atoms with Gasteiger partial charge in [-0.1, -0.05) is 56.3 Å². The monoisotopic (exact) mass is 448 g/mol. The summed E-state index contributed by atoms with van der Waals surface area (Å²) in [7, 11) is 0. The van der Waals surface area contributed by atoms with Crippen molar-refractivity contribution < 1.29 is 27.1 Å². The van der Waals surface area contributed by atoms with Crippen molar-refractivity contribution >= 4 is 17.7 Å². The summed E-state index contributed by atoms with van der Waals surface area (Å²) in [5.74, 6) is -0.292. The SMILES string of the molecule is CC(C)C(C(=O)OCc1coc(Cc2ccccc2)c1)c1ccc(SC(F)(F)F)cc1. The van der Waals surface area contributed by atoms with Crippen LogP contribution in [0.25, 0.3) is 0 Å². The molecule has 0 spiro atoms. The van der Waals surface area contributed by atoms with Crippen LogP contribution in [0.4, 0.5) is 13.2 Å². The normalized spacial score (nSPS) is 12.7. The Hall–Kier alpha value is -2.67. The summed E-state index contributed by atoms with van der Waals surface area (Å²) in [6.45, 7) is 3.82. The molecule has 1 atom stereocenters. The third kappa shape index (κ3) is 6.92. The van der Waals surface area contributed by atoms with Gasteiger partial charge in [-0.3, -0.25) is 4.79 Å². The molecule has 0 aliphatic carbocycles. The predicted molar refractivity (Wildman–Crippen MR) is 114 cm³/mol. The third-order valence-corrected chi connectivity index (χ3v) is 5.44. The molecule has 0 bridgehead atoms. The molecule has 0 aliphatic heterocycles. The molecule has 0 saturated heterocycles. The summed E-state index contributed by atoms with van der Waals surface area (Å²) in [6, 6.07) is 17.6. The fourth-order valence-corrected chi connectivity index (χ4v) is 3.85. The van der Waals surface area contributed by atoms with Gasteiger partial charge in [0.25, 0.3) is 0 Å². The van der Waals surface area contributed by atoms with E-state index in [0.717, 1.165) is 16.9 Å². The van der Waals surface area contributed by atoms with Crippen LogP contribution >= 0.6 is 11.8 Å². The summed E-state index contributed by atoms with van der Waals surface area (Å²) in [5, 5.41) is 0. The zero-order valence-corrected chi connectivity index (χ0v) is 18.0. The molecule has 0 radical (unpaired) electrons. The van der Waals surface area contributed by atoms with E-state index in [2.05, 4.69) is 0 Å².